The van der Waals surface area contributed by atoms with E-state index >= 15 is 0 Å². The first-order valence-electron chi connectivity index (χ1n) is 3.94. The molecule has 2 unspecified atom stereocenters. The van der Waals surface area contributed by atoms with Gasteiger partial charge in [0.25, 0.3) is 0 Å². The van der Waals surface area contributed by atoms with Crippen LogP contribution in [-0.2, 0) is 9.57 Å². The number of nitrogens with two attached hydrogens (primary N) is 1. The van der Waals surface area contributed by atoms with E-state index in [9.17, 15) is 0 Å². The van der Waals surface area contributed by atoms with Crippen LogP contribution in [0.5, 0.6) is 0 Å². The topological polar surface area (TPSA) is 58.6 Å². The van der Waals surface area contributed by atoms with E-state index < -0.39 is 0 Å². The van der Waals surface area contributed by atoms with E-state index in [0.717, 1.165) is 6.42 Å². The van der Waals surface area contributed by atoms with Crippen molar-refractivity contribution in [3.05, 3.63) is 0 Å². The first-order valence-corrected chi connectivity index (χ1v) is 3.94. The Kier molecular flexibility index (Phi) is 6.45. The molecule has 0 aromatic heterocycles. The van der Waals surface area contributed by atoms with Crippen molar-refractivity contribution in [2.45, 2.75) is 39.7 Å². The number of nitrogens with zero attached hydrogens (tertiary/aromatic N) is 1. The van der Waals surface area contributed by atoms with Crippen molar-refractivity contribution < 1.29 is 9.57 Å². The molecule has 0 aliphatic carbocycles. The van der Waals surface area contributed by atoms with Gasteiger partial charge in [-0.2, -0.15) is 0 Å². The number of rotatable bonds is 6. The lowest BCUT2D eigenvalue weighted by Crippen LogP contribution is -2.30. The zero-order valence-electron chi connectivity index (χ0n) is 7.41. The monoisotopic (exact) mass is 161 g/mol. The zero-order valence-corrected chi connectivity index (χ0v) is 7.41. The Hall–Kier alpha value is -0.160. The molecule has 0 aromatic carbocycles. The lowest BCUT2D eigenvalue weighted by molar-refractivity contribution is -0.201. The second-order valence-electron chi connectivity index (χ2n) is 2.23. The van der Waals surface area contributed by atoms with Crippen LogP contribution in [0, 0.1) is 0 Å². The molecule has 2 atom stereocenters. The quantitative estimate of drug-likeness (QED) is 0.458. The maximum Gasteiger partial charge on any atom is 0.181 e. The molecule has 0 aromatic rings. The van der Waals surface area contributed by atoms with Crippen LogP contribution in [0.2, 0.25) is 0 Å². The van der Waals surface area contributed by atoms with Gasteiger partial charge in [-0.3, -0.25) is 4.84 Å². The fraction of sp³-hybridized carbons (Fsp3) is 1.00. The summed E-state index contributed by atoms with van der Waals surface area (Å²) in [6, 6.07) is 0. The maximum absolute atomic E-state index is 5.40. The van der Waals surface area contributed by atoms with Crippen LogP contribution < -0.4 is 11.2 Å². The minimum atomic E-state index is -0.299. The van der Waals surface area contributed by atoms with Crippen LogP contribution >= 0.6 is 0 Å². The Morgan fingerprint density at radius 2 is 2.09 bits per heavy atom. The molecule has 0 aliphatic heterocycles. The third-order valence-corrected chi connectivity index (χ3v) is 1.02. The third kappa shape index (κ3) is 6.25. The Morgan fingerprint density at radius 3 is 2.45 bits per heavy atom. The SMILES string of the molecule is CC[N]OC(CC)OC(C)N. The van der Waals surface area contributed by atoms with E-state index in [-0.39, 0.29) is 12.5 Å². The smallest absolute Gasteiger partial charge is 0.181 e. The highest BCUT2D eigenvalue weighted by atomic mass is 16.8. The number of hydroxylamine groups is 1. The first-order chi connectivity index (χ1) is 5.20. The van der Waals surface area contributed by atoms with Crippen LogP contribution in [0.25, 0.3) is 0 Å². The summed E-state index contributed by atoms with van der Waals surface area (Å²) >= 11 is 0. The zero-order chi connectivity index (χ0) is 8.69. The first kappa shape index (κ1) is 10.8. The van der Waals surface area contributed by atoms with Gasteiger partial charge in [0.15, 0.2) is 6.29 Å². The van der Waals surface area contributed by atoms with Crippen LogP contribution in [-0.4, -0.2) is 19.1 Å². The second kappa shape index (κ2) is 6.54. The summed E-state index contributed by atoms with van der Waals surface area (Å²) < 4.78 is 5.16. The summed E-state index contributed by atoms with van der Waals surface area (Å²) in [5.74, 6) is 0. The predicted octanol–water partition coefficient (Wildman–Crippen LogP) is 0.600. The van der Waals surface area contributed by atoms with E-state index in [1.807, 2.05) is 13.8 Å². The fourth-order valence-corrected chi connectivity index (χ4v) is 0.593. The molecule has 0 saturated carbocycles. The van der Waals surface area contributed by atoms with Crippen molar-refractivity contribution in [3.8, 4) is 0 Å². The minimum Gasteiger partial charge on any atom is -0.333 e. The van der Waals surface area contributed by atoms with E-state index in [4.69, 9.17) is 15.3 Å². The standard InChI is InChI=1S/C7H17N2O2/c1-4-7(10-6(3)8)11-9-5-2/h6-7H,4-5,8H2,1-3H3. The summed E-state index contributed by atoms with van der Waals surface area (Å²) in [7, 11) is 0. The van der Waals surface area contributed by atoms with E-state index in [1.165, 1.54) is 0 Å². The average molecular weight is 161 g/mol. The molecule has 11 heavy (non-hydrogen) atoms. The van der Waals surface area contributed by atoms with E-state index in [2.05, 4.69) is 5.48 Å². The molecule has 67 valence electrons. The molecule has 0 bridgehead atoms. The molecular formula is C7H17N2O2. The predicted molar refractivity (Wildman–Crippen MR) is 42.6 cm³/mol. The molecule has 1 radical (unpaired) electrons. The molecule has 0 spiro atoms. The number of hydrogen-bond acceptors (Lipinski definition) is 3. The Morgan fingerprint density at radius 1 is 1.45 bits per heavy atom. The average Bonchev–Trinajstić information content (AvgIpc) is 1.97. The van der Waals surface area contributed by atoms with Gasteiger partial charge in [0.1, 0.15) is 6.23 Å². The van der Waals surface area contributed by atoms with Gasteiger partial charge in [0.05, 0.1) is 0 Å². The summed E-state index contributed by atoms with van der Waals surface area (Å²) in [6.45, 7) is 6.26. The largest absolute Gasteiger partial charge is 0.333 e. The minimum absolute atomic E-state index is 0.296. The highest BCUT2D eigenvalue weighted by molar-refractivity contribution is 4.40. The number of ether oxygens (including phenoxy) is 1. The molecule has 0 saturated heterocycles. The lowest BCUT2D eigenvalue weighted by Gasteiger charge is -2.17. The molecule has 0 fully saturated rings. The van der Waals surface area contributed by atoms with Crippen molar-refractivity contribution in [1.29, 1.82) is 0 Å². The molecule has 0 heterocycles. The third-order valence-electron chi connectivity index (χ3n) is 1.02. The summed E-state index contributed by atoms with van der Waals surface area (Å²) in [6.07, 6.45) is 0.160. The summed E-state index contributed by atoms with van der Waals surface area (Å²) in [5, 5.41) is 0. The van der Waals surface area contributed by atoms with Gasteiger partial charge in [-0.15, -0.1) is 0 Å². The highest BCUT2D eigenvalue weighted by Crippen LogP contribution is 1.99. The molecule has 0 amide bonds. The van der Waals surface area contributed by atoms with Crippen molar-refractivity contribution in [1.82, 2.24) is 5.48 Å². The molecule has 0 rings (SSSR count). The number of hydrogen-bond donors (Lipinski definition) is 1. The maximum atomic E-state index is 5.40. The summed E-state index contributed by atoms with van der Waals surface area (Å²) in [4.78, 5) is 4.97. The van der Waals surface area contributed by atoms with Crippen molar-refractivity contribution in [2.75, 3.05) is 6.54 Å². The van der Waals surface area contributed by atoms with E-state index in [0.29, 0.717) is 6.54 Å². The van der Waals surface area contributed by atoms with Gasteiger partial charge in [-0.05, 0) is 20.3 Å². The Balaban J connectivity index is 3.41. The van der Waals surface area contributed by atoms with Crippen LogP contribution in [0.15, 0.2) is 0 Å². The fourth-order valence-electron chi connectivity index (χ4n) is 0.593. The van der Waals surface area contributed by atoms with Gasteiger partial charge in [0, 0.05) is 6.54 Å². The van der Waals surface area contributed by atoms with Crippen LogP contribution in [0.4, 0.5) is 0 Å². The normalized spacial score (nSPS) is 16.4. The van der Waals surface area contributed by atoms with Crippen molar-refractivity contribution in [2.24, 2.45) is 5.73 Å². The van der Waals surface area contributed by atoms with Gasteiger partial charge in [0.2, 0.25) is 0 Å². The van der Waals surface area contributed by atoms with Gasteiger partial charge >= 0.3 is 0 Å². The molecule has 4 heteroatoms. The van der Waals surface area contributed by atoms with Gasteiger partial charge < -0.3 is 10.5 Å². The van der Waals surface area contributed by atoms with Crippen molar-refractivity contribution >= 4 is 0 Å². The van der Waals surface area contributed by atoms with Crippen LogP contribution in [0.1, 0.15) is 27.2 Å². The second-order valence-corrected chi connectivity index (χ2v) is 2.23. The van der Waals surface area contributed by atoms with Gasteiger partial charge in [-0.1, -0.05) is 12.4 Å². The Labute approximate surface area is 68.0 Å². The molecule has 4 nitrogen and oxygen atoms in total. The Bertz CT molecular complexity index is 88.5. The van der Waals surface area contributed by atoms with E-state index in [1.54, 1.807) is 6.92 Å². The lowest BCUT2D eigenvalue weighted by atomic mass is 10.5. The molecule has 2 N–H and O–H groups in total. The summed E-state index contributed by atoms with van der Waals surface area (Å²) in [5.41, 5.74) is 9.11. The van der Waals surface area contributed by atoms with Crippen LogP contribution in [0.3, 0.4) is 0 Å². The highest BCUT2D eigenvalue weighted by Gasteiger charge is 2.08. The molecule has 0 aliphatic rings. The van der Waals surface area contributed by atoms with Crippen molar-refractivity contribution in [3.63, 3.8) is 0 Å². The molecular weight excluding hydrogens is 144 g/mol. The van der Waals surface area contributed by atoms with Gasteiger partial charge in [-0.25, -0.2) is 0 Å².